The summed E-state index contributed by atoms with van der Waals surface area (Å²) in [6, 6.07) is 17.0. The second-order valence-electron chi connectivity index (χ2n) is 6.10. The van der Waals surface area contributed by atoms with Crippen LogP contribution in [-0.2, 0) is 4.79 Å². The van der Waals surface area contributed by atoms with E-state index in [1.54, 1.807) is 6.92 Å². The molecule has 3 rings (SSSR count). The van der Waals surface area contributed by atoms with Crippen LogP contribution in [0.1, 0.15) is 37.4 Å². The smallest absolute Gasteiger partial charge is 0.224 e. The predicted octanol–water partition coefficient (Wildman–Crippen LogP) is 4.29. The molecule has 114 valence electrons. The first kappa shape index (κ1) is 14.6. The molecule has 2 unspecified atom stereocenters. The zero-order valence-corrected chi connectivity index (χ0v) is 13.3. The van der Waals surface area contributed by atoms with E-state index in [-0.39, 0.29) is 18.0 Å². The van der Waals surface area contributed by atoms with Crippen molar-refractivity contribution in [1.82, 2.24) is 0 Å². The van der Waals surface area contributed by atoms with E-state index >= 15 is 0 Å². The number of aryl methyl sites for hydroxylation is 1. The Kier molecular flexibility index (Phi) is 3.88. The van der Waals surface area contributed by atoms with E-state index in [9.17, 15) is 4.79 Å². The van der Waals surface area contributed by atoms with Crippen molar-refractivity contribution in [2.45, 2.75) is 39.3 Å². The first-order chi connectivity index (χ1) is 10.6. The number of carbonyl (C=O) groups is 1. The van der Waals surface area contributed by atoms with E-state index in [1.165, 1.54) is 11.1 Å². The number of hydrogen-bond acceptors (Lipinski definition) is 2. The minimum atomic E-state index is 0.109. The number of nitrogens with zero attached hydrogens (tertiary/aromatic N) is 1. The van der Waals surface area contributed by atoms with Crippen molar-refractivity contribution >= 4 is 17.3 Å². The highest BCUT2D eigenvalue weighted by molar-refractivity contribution is 5.94. The van der Waals surface area contributed by atoms with Crippen LogP contribution >= 0.6 is 0 Å². The van der Waals surface area contributed by atoms with Crippen LogP contribution in [0.5, 0.6) is 0 Å². The van der Waals surface area contributed by atoms with E-state index in [0.717, 1.165) is 17.8 Å². The van der Waals surface area contributed by atoms with Gasteiger partial charge in [0.25, 0.3) is 0 Å². The normalized spacial score (nSPS) is 20.4. The molecule has 0 spiro atoms. The van der Waals surface area contributed by atoms with Crippen LogP contribution in [0.15, 0.2) is 48.5 Å². The average Bonchev–Trinajstić information content (AvgIpc) is 2.47. The Labute approximate surface area is 132 Å². The lowest BCUT2D eigenvalue weighted by Crippen LogP contribution is -2.43. The molecule has 1 N–H and O–H groups in total. The first-order valence-electron chi connectivity index (χ1n) is 7.78. The highest BCUT2D eigenvalue weighted by Crippen LogP contribution is 2.39. The third-order valence-corrected chi connectivity index (χ3v) is 4.29. The van der Waals surface area contributed by atoms with Crippen LogP contribution in [-0.4, -0.2) is 11.9 Å². The summed E-state index contributed by atoms with van der Waals surface area (Å²) in [4.78, 5) is 14.0. The van der Waals surface area contributed by atoms with Crippen molar-refractivity contribution < 1.29 is 4.79 Å². The van der Waals surface area contributed by atoms with Crippen molar-refractivity contribution in [1.29, 1.82) is 0 Å². The van der Waals surface area contributed by atoms with Gasteiger partial charge in [-0.2, -0.15) is 0 Å². The molecule has 1 heterocycles. The standard InChI is InChI=1S/C19H22N2O/c1-13-9-10-17-18(20-16-7-5-4-6-8-16)12-14(2)21(15(3)22)19(17)11-13/h4-11,14,18,20H,12H2,1-3H3. The predicted molar refractivity (Wildman–Crippen MR) is 91.2 cm³/mol. The van der Waals surface area contributed by atoms with Gasteiger partial charge in [0.2, 0.25) is 5.91 Å². The lowest BCUT2D eigenvalue weighted by Gasteiger charge is -2.39. The van der Waals surface area contributed by atoms with Crippen molar-refractivity contribution in [2.24, 2.45) is 0 Å². The summed E-state index contributed by atoms with van der Waals surface area (Å²) in [5.41, 5.74) is 4.53. The van der Waals surface area contributed by atoms with Crippen molar-refractivity contribution in [3.8, 4) is 0 Å². The topological polar surface area (TPSA) is 32.3 Å². The molecule has 0 radical (unpaired) electrons. The summed E-state index contributed by atoms with van der Waals surface area (Å²) in [5, 5.41) is 3.61. The van der Waals surface area contributed by atoms with E-state index in [2.05, 4.69) is 49.5 Å². The summed E-state index contributed by atoms with van der Waals surface area (Å²) in [6.07, 6.45) is 0.907. The fourth-order valence-electron chi connectivity index (χ4n) is 3.32. The summed E-state index contributed by atoms with van der Waals surface area (Å²) in [7, 11) is 0. The average molecular weight is 294 g/mol. The fraction of sp³-hybridized carbons (Fsp3) is 0.316. The lowest BCUT2D eigenvalue weighted by molar-refractivity contribution is -0.117. The Morgan fingerprint density at radius 3 is 2.59 bits per heavy atom. The summed E-state index contributed by atoms with van der Waals surface area (Å²) in [6.45, 7) is 5.83. The first-order valence-corrected chi connectivity index (χ1v) is 7.78. The minimum absolute atomic E-state index is 0.109. The summed E-state index contributed by atoms with van der Waals surface area (Å²) < 4.78 is 0. The molecule has 0 bridgehead atoms. The Bertz CT molecular complexity index is 681. The fourth-order valence-corrected chi connectivity index (χ4v) is 3.32. The van der Waals surface area contributed by atoms with E-state index in [1.807, 2.05) is 23.1 Å². The van der Waals surface area contributed by atoms with Gasteiger partial charge < -0.3 is 10.2 Å². The maximum atomic E-state index is 12.1. The molecule has 2 aromatic rings. The molecule has 0 saturated carbocycles. The van der Waals surface area contributed by atoms with Crippen LogP contribution in [0.4, 0.5) is 11.4 Å². The third-order valence-electron chi connectivity index (χ3n) is 4.29. The van der Waals surface area contributed by atoms with E-state index < -0.39 is 0 Å². The molecule has 2 aromatic carbocycles. The Hall–Kier alpha value is -2.29. The number of rotatable bonds is 2. The molecule has 3 heteroatoms. The third kappa shape index (κ3) is 2.71. The number of anilines is 2. The van der Waals surface area contributed by atoms with Gasteiger partial charge in [-0.3, -0.25) is 4.79 Å². The number of benzene rings is 2. The number of fused-ring (bicyclic) bond motifs is 1. The van der Waals surface area contributed by atoms with Crippen molar-refractivity contribution in [3.63, 3.8) is 0 Å². The highest BCUT2D eigenvalue weighted by Gasteiger charge is 2.32. The highest BCUT2D eigenvalue weighted by atomic mass is 16.2. The van der Waals surface area contributed by atoms with Gasteiger partial charge in [-0.1, -0.05) is 30.3 Å². The van der Waals surface area contributed by atoms with Crippen LogP contribution in [0.25, 0.3) is 0 Å². The van der Waals surface area contributed by atoms with Crippen molar-refractivity contribution in [3.05, 3.63) is 59.7 Å². The maximum absolute atomic E-state index is 12.1. The lowest BCUT2D eigenvalue weighted by atomic mass is 9.90. The van der Waals surface area contributed by atoms with Gasteiger partial charge in [0.1, 0.15) is 0 Å². The molecule has 0 aliphatic carbocycles. The number of hydrogen-bond donors (Lipinski definition) is 1. The van der Waals surface area contributed by atoms with Gasteiger partial charge >= 0.3 is 0 Å². The van der Waals surface area contributed by atoms with Gasteiger partial charge in [-0.05, 0) is 49.6 Å². The molecular formula is C19H22N2O. The van der Waals surface area contributed by atoms with Gasteiger partial charge in [-0.25, -0.2) is 0 Å². The van der Waals surface area contributed by atoms with Crippen LogP contribution in [0.2, 0.25) is 0 Å². The monoisotopic (exact) mass is 294 g/mol. The van der Waals surface area contributed by atoms with Gasteiger partial charge in [-0.15, -0.1) is 0 Å². The minimum Gasteiger partial charge on any atom is -0.378 e. The number of carbonyl (C=O) groups excluding carboxylic acids is 1. The second kappa shape index (κ2) is 5.84. The second-order valence-corrected chi connectivity index (χ2v) is 6.10. The molecule has 1 aliphatic heterocycles. The maximum Gasteiger partial charge on any atom is 0.224 e. The van der Waals surface area contributed by atoms with Gasteiger partial charge in [0, 0.05) is 24.3 Å². The van der Waals surface area contributed by atoms with Crippen LogP contribution in [0.3, 0.4) is 0 Å². The molecule has 0 fully saturated rings. The SMILES string of the molecule is CC(=O)N1c2cc(C)ccc2C(Nc2ccccc2)CC1C. The van der Waals surface area contributed by atoms with E-state index in [4.69, 9.17) is 0 Å². The molecule has 1 aliphatic rings. The molecule has 3 nitrogen and oxygen atoms in total. The molecule has 2 atom stereocenters. The van der Waals surface area contributed by atoms with Crippen LogP contribution in [0, 0.1) is 6.92 Å². The molecule has 0 aromatic heterocycles. The van der Waals surface area contributed by atoms with Gasteiger partial charge in [0.15, 0.2) is 0 Å². The summed E-state index contributed by atoms with van der Waals surface area (Å²) in [5.74, 6) is 0.109. The Morgan fingerprint density at radius 2 is 1.91 bits per heavy atom. The number of nitrogens with one attached hydrogen (secondary N) is 1. The number of para-hydroxylation sites is 1. The largest absolute Gasteiger partial charge is 0.378 e. The quantitative estimate of drug-likeness (QED) is 0.896. The summed E-state index contributed by atoms with van der Waals surface area (Å²) >= 11 is 0. The molecular weight excluding hydrogens is 272 g/mol. The van der Waals surface area contributed by atoms with Crippen molar-refractivity contribution in [2.75, 3.05) is 10.2 Å². The zero-order chi connectivity index (χ0) is 15.7. The zero-order valence-electron chi connectivity index (χ0n) is 13.3. The Balaban J connectivity index is 2.00. The molecule has 0 saturated heterocycles. The Morgan fingerprint density at radius 1 is 1.18 bits per heavy atom. The number of amides is 1. The molecule has 1 amide bonds. The molecule has 22 heavy (non-hydrogen) atoms. The van der Waals surface area contributed by atoms with Gasteiger partial charge in [0.05, 0.1) is 6.04 Å². The van der Waals surface area contributed by atoms with E-state index in [0.29, 0.717) is 0 Å². The van der Waals surface area contributed by atoms with Crippen LogP contribution < -0.4 is 10.2 Å².